The number of hydrogen-bond donors (Lipinski definition) is 3. The average Bonchev–Trinajstić information content (AvgIpc) is 3.30. The number of amides is 3. The number of carboxylic acids is 1. The first-order valence-electron chi connectivity index (χ1n) is 15.9. The normalized spacial score (nSPS) is 29.9. The quantitative estimate of drug-likeness (QED) is 0.398. The molecule has 0 bridgehead atoms. The molecule has 5 atom stereocenters. The number of carbonyl (C=O) groups excluding carboxylic acids is 3. The number of nitrogens with one attached hydrogen (secondary N) is 2. The highest BCUT2D eigenvalue weighted by molar-refractivity contribution is 6.35. The predicted octanol–water partition coefficient (Wildman–Crippen LogP) is 4.75. The van der Waals surface area contributed by atoms with Crippen LogP contribution in [0.3, 0.4) is 0 Å². The zero-order chi connectivity index (χ0) is 31.6. The zero-order valence-electron chi connectivity index (χ0n) is 25.1. The Bertz CT molecular complexity index is 1490. The van der Waals surface area contributed by atoms with Gasteiger partial charge in [-0.15, -0.1) is 0 Å². The SMILES string of the molecule is O=C(N[C@H]1CCCC/C=C\[C@H]2C[C@@]2(C(=O)O)NC(=O)[C@@H]2C[C@@H](Oc3ccnc4c(Cl)cccc34)CN2C(=O)C1)OC1CCCC1. The molecule has 2 saturated carbocycles. The Morgan fingerprint density at radius 1 is 1.09 bits per heavy atom. The molecule has 3 heterocycles. The van der Waals surface area contributed by atoms with Gasteiger partial charge in [0.1, 0.15) is 29.5 Å². The predicted molar refractivity (Wildman–Crippen MR) is 166 cm³/mol. The van der Waals surface area contributed by atoms with Gasteiger partial charge in [-0.25, -0.2) is 9.59 Å². The lowest BCUT2D eigenvalue weighted by Gasteiger charge is -2.27. The Hall–Kier alpha value is -3.86. The maximum absolute atomic E-state index is 13.9. The van der Waals surface area contributed by atoms with Gasteiger partial charge in [0.15, 0.2) is 0 Å². The highest BCUT2D eigenvalue weighted by Crippen LogP contribution is 2.45. The van der Waals surface area contributed by atoms with Crippen LogP contribution in [-0.4, -0.2) is 75.2 Å². The summed E-state index contributed by atoms with van der Waals surface area (Å²) in [4.78, 5) is 58.6. The fraction of sp³-hybridized carbons (Fsp3) is 0.545. The molecule has 12 heteroatoms. The molecule has 4 aliphatic rings. The number of alkyl carbamates (subject to hydrolysis) is 1. The van der Waals surface area contributed by atoms with E-state index in [1.54, 1.807) is 24.4 Å². The molecule has 3 amide bonds. The Kier molecular flexibility index (Phi) is 9.16. The molecule has 2 aromatic rings. The van der Waals surface area contributed by atoms with Gasteiger partial charge in [0.2, 0.25) is 11.8 Å². The van der Waals surface area contributed by atoms with E-state index < -0.39 is 41.7 Å². The Morgan fingerprint density at radius 2 is 1.89 bits per heavy atom. The maximum atomic E-state index is 13.9. The summed E-state index contributed by atoms with van der Waals surface area (Å²) in [6.07, 6.45) is 11.3. The molecule has 2 aliphatic carbocycles. The van der Waals surface area contributed by atoms with Crippen molar-refractivity contribution in [3.05, 3.63) is 47.6 Å². The standard InChI is InChI=1S/C33H39ClN4O7/c34-25-13-7-12-24-27(14-15-35-29(24)25)44-23-17-26-30(40)37-33(31(41)42)18-20(33)8-3-1-2-4-9-21(16-28(39)38(26)19-23)36-32(43)45-22-10-5-6-11-22/h3,7-8,12-15,20-23,26H,1-2,4-6,9-11,16-19H2,(H,36,43)(H,37,40)(H,41,42)/b8-3-/t20-,21-,23+,26-,33+/m0/s1. The average molecular weight is 639 g/mol. The van der Waals surface area contributed by atoms with Gasteiger partial charge in [-0.2, -0.15) is 0 Å². The van der Waals surface area contributed by atoms with Crippen molar-refractivity contribution in [3.8, 4) is 5.75 Å². The lowest BCUT2D eigenvalue weighted by atomic mass is 10.0. The van der Waals surface area contributed by atoms with Crippen LogP contribution in [0.5, 0.6) is 5.75 Å². The summed E-state index contributed by atoms with van der Waals surface area (Å²) in [7, 11) is 0. The van der Waals surface area contributed by atoms with Crippen molar-refractivity contribution in [1.82, 2.24) is 20.5 Å². The van der Waals surface area contributed by atoms with Gasteiger partial charge < -0.3 is 30.1 Å². The van der Waals surface area contributed by atoms with Gasteiger partial charge in [0, 0.05) is 36.4 Å². The second-order valence-electron chi connectivity index (χ2n) is 12.6. The zero-order valence-corrected chi connectivity index (χ0v) is 25.8. The van der Waals surface area contributed by atoms with Gasteiger partial charge in [-0.1, -0.05) is 36.2 Å². The number of halogens is 1. The summed E-state index contributed by atoms with van der Waals surface area (Å²) in [6, 6.07) is 5.67. The summed E-state index contributed by atoms with van der Waals surface area (Å²) in [5, 5.41) is 16.9. The van der Waals surface area contributed by atoms with E-state index in [2.05, 4.69) is 15.6 Å². The maximum Gasteiger partial charge on any atom is 0.407 e. The number of aliphatic carboxylic acids is 1. The summed E-state index contributed by atoms with van der Waals surface area (Å²) >= 11 is 6.35. The fourth-order valence-corrected chi connectivity index (χ4v) is 7.12. The molecule has 1 aromatic carbocycles. The molecule has 0 unspecified atom stereocenters. The molecule has 1 aromatic heterocycles. The first kappa shape index (κ1) is 31.1. The van der Waals surface area contributed by atoms with Crippen molar-refractivity contribution >= 4 is 46.4 Å². The van der Waals surface area contributed by atoms with Crippen LogP contribution in [-0.2, 0) is 19.1 Å². The Labute approximate surface area is 266 Å². The summed E-state index contributed by atoms with van der Waals surface area (Å²) in [5.41, 5.74) is -0.818. The lowest BCUT2D eigenvalue weighted by molar-refractivity contribution is -0.145. The monoisotopic (exact) mass is 638 g/mol. The highest BCUT2D eigenvalue weighted by Gasteiger charge is 2.61. The molecule has 2 aliphatic heterocycles. The third-order valence-corrected chi connectivity index (χ3v) is 9.77. The minimum atomic E-state index is -1.40. The second-order valence-corrected chi connectivity index (χ2v) is 13.0. The van der Waals surface area contributed by atoms with Crippen molar-refractivity contribution in [2.45, 2.75) is 100 Å². The largest absolute Gasteiger partial charge is 0.488 e. The first-order valence-corrected chi connectivity index (χ1v) is 16.3. The summed E-state index contributed by atoms with van der Waals surface area (Å²) in [5.74, 6) is -1.75. The number of fused-ring (bicyclic) bond motifs is 3. The smallest absolute Gasteiger partial charge is 0.407 e. The number of pyridine rings is 1. The van der Waals surface area contributed by atoms with Gasteiger partial charge in [-0.05, 0) is 69.6 Å². The van der Waals surface area contributed by atoms with Crippen molar-refractivity contribution in [1.29, 1.82) is 0 Å². The molecular weight excluding hydrogens is 600 g/mol. The van der Waals surface area contributed by atoms with E-state index in [1.807, 2.05) is 18.2 Å². The summed E-state index contributed by atoms with van der Waals surface area (Å²) in [6.45, 7) is 0.115. The van der Waals surface area contributed by atoms with Gasteiger partial charge in [-0.3, -0.25) is 14.6 Å². The number of hydrogen-bond acceptors (Lipinski definition) is 7. The lowest BCUT2D eigenvalue weighted by Crippen LogP contribution is -2.53. The minimum absolute atomic E-state index is 0.0212. The molecule has 6 rings (SSSR count). The Morgan fingerprint density at radius 3 is 2.69 bits per heavy atom. The molecule has 3 fully saturated rings. The fourth-order valence-electron chi connectivity index (χ4n) is 6.90. The van der Waals surface area contributed by atoms with E-state index in [1.165, 1.54) is 4.90 Å². The summed E-state index contributed by atoms with van der Waals surface area (Å²) < 4.78 is 12.0. The van der Waals surface area contributed by atoms with Gasteiger partial charge >= 0.3 is 12.1 Å². The molecule has 11 nitrogen and oxygen atoms in total. The van der Waals surface area contributed by atoms with E-state index in [-0.39, 0.29) is 37.3 Å². The van der Waals surface area contributed by atoms with Crippen molar-refractivity contribution in [3.63, 3.8) is 0 Å². The molecule has 0 radical (unpaired) electrons. The van der Waals surface area contributed by atoms with E-state index >= 15 is 0 Å². The minimum Gasteiger partial charge on any atom is -0.488 e. The third-order valence-electron chi connectivity index (χ3n) is 9.46. The van der Waals surface area contributed by atoms with Crippen molar-refractivity contribution in [2.24, 2.45) is 5.92 Å². The first-order chi connectivity index (χ1) is 21.7. The number of carboxylic acid groups (broad SMARTS) is 1. The number of aromatic nitrogens is 1. The molecule has 240 valence electrons. The van der Waals surface area contributed by atoms with Crippen LogP contribution in [0.15, 0.2) is 42.6 Å². The van der Waals surface area contributed by atoms with Crippen LogP contribution in [0, 0.1) is 5.92 Å². The van der Waals surface area contributed by atoms with Crippen molar-refractivity contribution in [2.75, 3.05) is 6.54 Å². The van der Waals surface area contributed by atoms with Crippen LogP contribution in [0.4, 0.5) is 4.79 Å². The number of nitrogens with zero attached hydrogens (tertiary/aromatic N) is 2. The number of para-hydroxylation sites is 1. The van der Waals surface area contributed by atoms with Crippen LogP contribution in [0.25, 0.3) is 10.9 Å². The van der Waals surface area contributed by atoms with Crippen LogP contribution in [0.2, 0.25) is 5.02 Å². The van der Waals surface area contributed by atoms with Gasteiger partial charge in [0.25, 0.3) is 0 Å². The van der Waals surface area contributed by atoms with E-state index in [4.69, 9.17) is 21.1 Å². The molecular formula is C33H39ClN4O7. The number of carbonyl (C=O) groups is 4. The Balaban J connectivity index is 1.24. The molecule has 0 spiro atoms. The van der Waals surface area contributed by atoms with E-state index in [0.717, 1.165) is 44.9 Å². The number of rotatable bonds is 5. The van der Waals surface area contributed by atoms with Crippen LogP contribution < -0.4 is 15.4 Å². The number of allylic oxidation sites excluding steroid dienone is 1. The molecule has 1 saturated heterocycles. The second kappa shape index (κ2) is 13.2. The number of ether oxygens (including phenoxy) is 2. The molecule has 45 heavy (non-hydrogen) atoms. The van der Waals surface area contributed by atoms with Crippen LogP contribution >= 0.6 is 11.6 Å². The topological polar surface area (TPSA) is 147 Å². The van der Waals surface area contributed by atoms with E-state index in [0.29, 0.717) is 34.5 Å². The third kappa shape index (κ3) is 6.88. The van der Waals surface area contributed by atoms with Gasteiger partial charge in [0.05, 0.1) is 17.1 Å². The van der Waals surface area contributed by atoms with Crippen molar-refractivity contribution < 1.29 is 33.8 Å². The highest BCUT2D eigenvalue weighted by atomic mass is 35.5. The van der Waals surface area contributed by atoms with E-state index in [9.17, 15) is 24.3 Å². The molecule has 3 N–H and O–H groups in total. The number of benzene rings is 1. The van der Waals surface area contributed by atoms with Crippen LogP contribution in [0.1, 0.15) is 70.6 Å².